The molecular formula is C55H110. The minimum absolute atomic E-state index is 0.721. The van der Waals surface area contributed by atoms with Crippen LogP contribution in [0.4, 0.5) is 0 Å². The second kappa shape index (κ2) is 69.9. The van der Waals surface area contributed by atoms with Crippen LogP contribution in [0.5, 0.6) is 0 Å². The lowest BCUT2D eigenvalue weighted by Crippen LogP contribution is -1.94. The highest BCUT2D eigenvalue weighted by Crippen LogP contribution is 2.31. The average Bonchev–Trinajstić information content (AvgIpc) is 4.07. The van der Waals surface area contributed by atoms with E-state index in [2.05, 4.69) is 120 Å². The van der Waals surface area contributed by atoms with Crippen LogP contribution in [0.25, 0.3) is 0 Å². The van der Waals surface area contributed by atoms with E-state index in [0.29, 0.717) is 0 Å². The summed E-state index contributed by atoms with van der Waals surface area (Å²) in [7, 11) is 0. The first-order chi connectivity index (χ1) is 26.4. The van der Waals surface area contributed by atoms with Gasteiger partial charge in [-0.1, -0.05) is 260 Å². The Hall–Kier alpha value is -2.00. The van der Waals surface area contributed by atoms with Gasteiger partial charge in [0, 0.05) is 0 Å². The van der Waals surface area contributed by atoms with Crippen molar-refractivity contribution in [2.75, 3.05) is 0 Å². The van der Waals surface area contributed by atoms with Crippen molar-refractivity contribution in [2.45, 2.75) is 254 Å². The van der Waals surface area contributed by atoms with Crippen molar-refractivity contribution < 1.29 is 0 Å². The first kappa shape index (κ1) is 70.8. The Bertz CT molecular complexity index is 796. The van der Waals surface area contributed by atoms with E-state index in [0.717, 1.165) is 29.7 Å². The summed E-state index contributed by atoms with van der Waals surface area (Å²) in [5.41, 5.74) is 5.07. The Morgan fingerprint density at radius 2 is 1.02 bits per heavy atom. The fraction of sp³-hybridized carbons (Fsp3) is 0.745. The normalized spacial score (nSPS) is 12.4. The molecule has 0 nitrogen and oxygen atoms in total. The largest absolute Gasteiger partial charge is 0.124 e. The molecule has 0 amide bonds. The first-order valence-electron chi connectivity index (χ1n) is 23.7. The quantitative estimate of drug-likeness (QED) is 0.0472. The van der Waals surface area contributed by atoms with E-state index in [4.69, 9.17) is 0 Å². The van der Waals surface area contributed by atoms with Crippen LogP contribution in [0.15, 0.2) is 71.9 Å². The third-order valence-corrected chi connectivity index (χ3v) is 8.53. The zero-order valence-electron chi connectivity index (χ0n) is 42.2. The zero-order chi connectivity index (χ0) is 44.7. The lowest BCUT2D eigenvalue weighted by atomic mass is 9.98. The van der Waals surface area contributed by atoms with Gasteiger partial charge in [-0.2, -0.15) is 0 Å². The first-order valence-corrected chi connectivity index (χ1v) is 23.7. The Morgan fingerprint density at radius 3 is 1.29 bits per heavy atom. The maximum absolute atomic E-state index is 4.00. The minimum Gasteiger partial charge on any atom is -0.124 e. The van der Waals surface area contributed by atoms with Gasteiger partial charge in [0.1, 0.15) is 0 Å². The van der Waals surface area contributed by atoms with Crippen LogP contribution in [0, 0.1) is 30.6 Å². The van der Waals surface area contributed by atoms with Crippen molar-refractivity contribution in [3.05, 3.63) is 71.9 Å². The molecule has 2 atom stereocenters. The van der Waals surface area contributed by atoms with Crippen molar-refractivity contribution >= 4 is 0 Å². The molecule has 0 aromatic heterocycles. The Labute approximate surface area is 354 Å². The van der Waals surface area contributed by atoms with E-state index < -0.39 is 0 Å². The number of hydrogen-bond donors (Lipinski definition) is 0. The number of allylic oxidation sites excluding steroid dienone is 10. The molecule has 0 saturated heterocycles. The van der Waals surface area contributed by atoms with Crippen LogP contribution in [0.2, 0.25) is 0 Å². The molecule has 1 aliphatic carbocycles. The van der Waals surface area contributed by atoms with Crippen LogP contribution in [0.3, 0.4) is 0 Å². The standard InChI is InChI=1S/C16H30.C12H18.C10H22.C5H10.C4H10.3C2H6.C2H2/c1-6-8-9-15(4)12-13-16(5)11-10-14(3)7-2;1-6-7-8-12(11(4)5)9-10(2)3;1-3-5-7-9-10-8-6-4-2;1-2-5-3-4-5;1-3-4-2;4*1-2/h7,12-13,15-16H,6,8-11H2,1-5H3;6-8H,2,4,9H2,1,3,5H3;3-10H2,1-2H3;5H,2-4H2,1H3;3-4H2,1-2H3;3*1-2H3;1-2H/b13-12-,14-7+;7-6-,12-8-;;;;;;;. The van der Waals surface area contributed by atoms with Gasteiger partial charge in [0.05, 0.1) is 0 Å². The number of rotatable bonds is 21. The molecule has 0 heteroatoms. The lowest BCUT2D eigenvalue weighted by molar-refractivity contribution is 0.584. The molecule has 0 bridgehead atoms. The summed E-state index contributed by atoms with van der Waals surface area (Å²) in [5.74, 6) is 2.61. The summed E-state index contributed by atoms with van der Waals surface area (Å²) in [4.78, 5) is 0. The second-order valence-corrected chi connectivity index (χ2v) is 14.3. The van der Waals surface area contributed by atoms with Gasteiger partial charge in [-0.15, -0.1) is 12.8 Å². The third-order valence-electron chi connectivity index (χ3n) is 8.53. The van der Waals surface area contributed by atoms with E-state index in [1.807, 2.05) is 74.5 Å². The van der Waals surface area contributed by atoms with Gasteiger partial charge in [0.25, 0.3) is 0 Å². The summed E-state index contributed by atoms with van der Waals surface area (Å²) < 4.78 is 0. The Morgan fingerprint density at radius 1 is 0.618 bits per heavy atom. The summed E-state index contributed by atoms with van der Waals surface area (Å²) in [5, 5.41) is 0. The molecule has 2 unspecified atom stereocenters. The van der Waals surface area contributed by atoms with Gasteiger partial charge in [0.15, 0.2) is 0 Å². The molecule has 0 aromatic rings. The fourth-order valence-corrected chi connectivity index (χ4v) is 4.32. The van der Waals surface area contributed by atoms with Crippen molar-refractivity contribution in [3.8, 4) is 12.8 Å². The van der Waals surface area contributed by atoms with Crippen molar-refractivity contribution in [1.29, 1.82) is 0 Å². The summed E-state index contributed by atoms with van der Waals surface area (Å²) in [6.45, 7) is 48.3. The molecule has 0 radical (unpaired) electrons. The molecule has 0 N–H and O–H groups in total. The van der Waals surface area contributed by atoms with E-state index in [1.165, 1.54) is 132 Å². The van der Waals surface area contributed by atoms with Crippen molar-refractivity contribution in [3.63, 3.8) is 0 Å². The van der Waals surface area contributed by atoms with Crippen LogP contribution >= 0.6 is 0 Å². The second-order valence-electron chi connectivity index (χ2n) is 14.3. The monoisotopic (exact) mass is 771 g/mol. The topological polar surface area (TPSA) is 0 Å². The van der Waals surface area contributed by atoms with Gasteiger partial charge < -0.3 is 0 Å². The minimum atomic E-state index is 0.721. The third kappa shape index (κ3) is 85.5. The smallest absolute Gasteiger partial charge is 0.00702 e. The number of unbranched alkanes of at least 4 members (excludes halogenated alkanes) is 9. The molecule has 1 aliphatic rings. The highest BCUT2D eigenvalue weighted by Gasteiger charge is 2.17. The van der Waals surface area contributed by atoms with Crippen LogP contribution < -0.4 is 0 Å². The molecule has 1 saturated carbocycles. The van der Waals surface area contributed by atoms with Crippen molar-refractivity contribution in [2.24, 2.45) is 17.8 Å². The van der Waals surface area contributed by atoms with E-state index in [9.17, 15) is 0 Å². The highest BCUT2D eigenvalue weighted by atomic mass is 14.2. The average molecular weight is 771 g/mol. The molecular weight excluding hydrogens is 661 g/mol. The highest BCUT2D eigenvalue weighted by molar-refractivity contribution is 5.33. The van der Waals surface area contributed by atoms with Crippen LogP contribution in [-0.4, -0.2) is 0 Å². The van der Waals surface area contributed by atoms with Crippen LogP contribution in [0.1, 0.15) is 254 Å². The Balaban J connectivity index is -0.0000000842. The summed E-state index contributed by atoms with van der Waals surface area (Å²) in [6, 6.07) is 0. The molecule has 0 aromatic carbocycles. The molecule has 1 fully saturated rings. The zero-order valence-corrected chi connectivity index (χ0v) is 42.2. The van der Waals surface area contributed by atoms with E-state index >= 15 is 0 Å². The predicted octanol–water partition coefficient (Wildman–Crippen LogP) is 20.9. The molecule has 0 aliphatic heterocycles. The van der Waals surface area contributed by atoms with Crippen molar-refractivity contribution in [1.82, 2.24) is 0 Å². The maximum Gasteiger partial charge on any atom is -0.00702 e. The molecule has 1 rings (SSSR count). The molecule has 0 spiro atoms. The molecule has 55 heavy (non-hydrogen) atoms. The molecule has 0 heterocycles. The maximum atomic E-state index is 4.00. The fourth-order valence-electron chi connectivity index (χ4n) is 4.32. The van der Waals surface area contributed by atoms with Gasteiger partial charge >= 0.3 is 0 Å². The molecule has 330 valence electrons. The summed E-state index contributed by atoms with van der Waals surface area (Å²) >= 11 is 0. The number of hydrogen-bond acceptors (Lipinski definition) is 0. The lowest BCUT2D eigenvalue weighted by Gasteiger charge is -2.08. The van der Waals surface area contributed by atoms with E-state index in [-0.39, 0.29) is 0 Å². The van der Waals surface area contributed by atoms with Gasteiger partial charge in [-0.25, -0.2) is 0 Å². The SMILES string of the molecule is C#C.C/C=C(\C)CCC(C)/C=C\C(C)CCCC.C=C(C)C/C(=C/C=C\C)C(=C)C.CC.CC.CC.CCC1CC1.CCCC.CCCCCCCCCC. The van der Waals surface area contributed by atoms with Crippen LogP contribution in [-0.2, 0) is 0 Å². The van der Waals surface area contributed by atoms with Gasteiger partial charge in [-0.3, -0.25) is 0 Å². The van der Waals surface area contributed by atoms with E-state index in [1.54, 1.807) is 0 Å². The van der Waals surface area contributed by atoms with Gasteiger partial charge in [0.2, 0.25) is 0 Å². The Kier molecular flexibility index (Phi) is 89.9. The predicted molar refractivity (Wildman–Crippen MR) is 269 cm³/mol. The number of terminal acetylenes is 1. The van der Waals surface area contributed by atoms with Gasteiger partial charge in [-0.05, 0) is 83.6 Å². The summed E-state index contributed by atoms with van der Waals surface area (Å²) in [6.07, 6.45) is 47.2.